The van der Waals surface area contributed by atoms with Gasteiger partial charge in [0.05, 0.1) is 27.2 Å². The van der Waals surface area contributed by atoms with Gasteiger partial charge in [0.15, 0.2) is 0 Å². The molecule has 110 valence electrons. The van der Waals surface area contributed by atoms with Crippen molar-refractivity contribution in [2.45, 2.75) is 47.5 Å². The van der Waals surface area contributed by atoms with Crippen molar-refractivity contribution in [1.29, 1.82) is 0 Å². The van der Waals surface area contributed by atoms with E-state index < -0.39 is 0 Å². The van der Waals surface area contributed by atoms with Gasteiger partial charge >= 0.3 is 0 Å². The molecule has 2 nitrogen and oxygen atoms in total. The number of hydrogen-bond donors (Lipinski definition) is 0. The van der Waals surface area contributed by atoms with Gasteiger partial charge in [-0.25, -0.2) is 0 Å². The van der Waals surface area contributed by atoms with Crippen molar-refractivity contribution in [3.63, 3.8) is 0 Å². The highest BCUT2D eigenvalue weighted by atomic mass is 16.1. The first-order chi connectivity index (χ1) is 8.57. The molecular weight excluding hydrogens is 234 g/mol. The monoisotopic (exact) mass is 266 g/mol. The molecule has 3 unspecified atom stereocenters. The number of carbonyl (C=O) groups is 1. The highest BCUT2D eigenvalue weighted by molar-refractivity contribution is 5.91. The van der Waals surface area contributed by atoms with E-state index in [1.807, 2.05) is 0 Å². The van der Waals surface area contributed by atoms with Crippen LogP contribution in [-0.2, 0) is 4.79 Å². The van der Waals surface area contributed by atoms with Crippen molar-refractivity contribution in [1.82, 2.24) is 0 Å². The highest BCUT2D eigenvalue weighted by Crippen LogP contribution is 2.66. The van der Waals surface area contributed by atoms with Crippen LogP contribution in [0.4, 0.5) is 0 Å². The van der Waals surface area contributed by atoms with Crippen LogP contribution in [0.1, 0.15) is 47.5 Å². The summed E-state index contributed by atoms with van der Waals surface area (Å²) < 4.78 is 1.02. The second-order valence-corrected chi connectivity index (χ2v) is 8.50. The lowest BCUT2D eigenvalue weighted by molar-refractivity contribution is -0.892. The van der Waals surface area contributed by atoms with Gasteiger partial charge in [0.2, 0.25) is 0 Å². The number of fused-ring (bicyclic) bond motifs is 2. The summed E-state index contributed by atoms with van der Waals surface area (Å²) in [6, 6.07) is 0. The zero-order valence-electron chi connectivity index (χ0n) is 13.9. The topological polar surface area (TPSA) is 17.1 Å². The molecule has 2 rings (SSSR count). The minimum atomic E-state index is -0.0556. The molecule has 0 aromatic carbocycles. The molecule has 0 aliphatic heterocycles. The lowest BCUT2D eigenvalue weighted by Gasteiger charge is -2.36. The lowest BCUT2D eigenvalue weighted by atomic mass is 9.70. The Bertz CT molecular complexity index is 385. The Hall–Kier alpha value is -0.370. The fourth-order valence-corrected chi connectivity index (χ4v) is 4.83. The maximum Gasteiger partial charge on any atom is 0.143 e. The molecule has 0 aromatic rings. The number of hydrogen-bond acceptors (Lipinski definition) is 1. The van der Waals surface area contributed by atoms with Crippen LogP contribution in [0.2, 0.25) is 0 Å². The molecule has 2 aliphatic carbocycles. The van der Waals surface area contributed by atoms with Crippen LogP contribution in [0.5, 0.6) is 0 Å². The van der Waals surface area contributed by atoms with Crippen molar-refractivity contribution >= 4 is 5.78 Å². The quantitative estimate of drug-likeness (QED) is 0.713. The zero-order valence-corrected chi connectivity index (χ0v) is 13.9. The molecule has 2 bridgehead atoms. The summed E-state index contributed by atoms with van der Waals surface area (Å²) in [7, 11) is 4.56. The molecule has 4 atom stereocenters. The van der Waals surface area contributed by atoms with Gasteiger partial charge in [-0.2, -0.15) is 0 Å². The maximum absolute atomic E-state index is 12.9. The fraction of sp³-hybridized carbons (Fsp3) is 0.941. The largest absolute Gasteiger partial charge is 0.328 e. The smallest absolute Gasteiger partial charge is 0.143 e. The summed E-state index contributed by atoms with van der Waals surface area (Å²) >= 11 is 0. The molecular formula is C17H32NO+. The first-order valence-electron chi connectivity index (χ1n) is 7.93. The van der Waals surface area contributed by atoms with Crippen molar-refractivity contribution in [3.8, 4) is 0 Å². The molecule has 0 amide bonds. The summed E-state index contributed by atoms with van der Waals surface area (Å²) in [5, 5.41) is 0. The van der Waals surface area contributed by atoms with Gasteiger partial charge in [0, 0.05) is 17.3 Å². The Balaban J connectivity index is 2.22. The summed E-state index contributed by atoms with van der Waals surface area (Å²) in [6.45, 7) is 13.7. The summed E-state index contributed by atoms with van der Waals surface area (Å²) in [6.07, 6.45) is 2.36. The minimum absolute atomic E-state index is 0.0556. The van der Waals surface area contributed by atoms with E-state index in [1.165, 1.54) is 6.42 Å². The van der Waals surface area contributed by atoms with Crippen molar-refractivity contribution in [2.75, 3.05) is 27.2 Å². The Kier molecular flexibility index (Phi) is 3.41. The maximum atomic E-state index is 12.9. The van der Waals surface area contributed by atoms with Gasteiger partial charge in [-0.1, -0.05) is 27.7 Å². The summed E-state index contributed by atoms with van der Waals surface area (Å²) in [5.41, 5.74) is 0.145. The van der Waals surface area contributed by atoms with E-state index in [4.69, 9.17) is 0 Å². The Morgan fingerprint density at radius 1 is 1.32 bits per heavy atom. The van der Waals surface area contributed by atoms with Gasteiger partial charge in [-0.3, -0.25) is 4.79 Å². The first kappa shape index (κ1) is 15.0. The third-order valence-corrected chi connectivity index (χ3v) is 6.84. The van der Waals surface area contributed by atoms with Crippen LogP contribution in [0.25, 0.3) is 0 Å². The van der Waals surface area contributed by atoms with Crippen LogP contribution in [-0.4, -0.2) is 37.5 Å². The SMILES string of the molecule is CC[N+](C)(C)CC(C)C1C(=O)[C@]2(C)CCC1C2(C)C. The van der Waals surface area contributed by atoms with Gasteiger partial charge in [0.25, 0.3) is 0 Å². The zero-order chi connectivity index (χ0) is 14.6. The number of nitrogens with zero attached hydrogens (tertiary/aromatic N) is 1. The number of ketones is 1. The molecule has 2 heteroatoms. The van der Waals surface area contributed by atoms with Crippen LogP contribution >= 0.6 is 0 Å². The van der Waals surface area contributed by atoms with Gasteiger partial charge in [0.1, 0.15) is 5.78 Å². The molecule has 2 saturated carbocycles. The number of rotatable bonds is 4. The standard InChI is InChI=1S/C17H32NO/c1-8-18(6,7)11-12(2)14-13-9-10-17(5,15(14)19)16(13,3)4/h12-14H,8-11H2,1-7H3/q+1/t12?,13?,14?,17-/m0/s1. The van der Waals surface area contributed by atoms with Crippen molar-refractivity contribution in [2.24, 2.45) is 28.6 Å². The second-order valence-electron chi connectivity index (χ2n) is 8.50. The van der Waals surface area contributed by atoms with Gasteiger partial charge < -0.3 is 4.48 Å². The number of carbonyl (C=O) groups excluding carboxylic acids is 1. The molecule has 0 spiro atoms. The molecule has 0 heterocycles. The normalized spacial score (nSPS) is 38.8. The Morgan fingerprint density at radius 2 is 1.89 bits per heavy atom. The third kappa shape index (κ3) is 1.98. The molecule has 0 saturated heterocycles. The predicted molar refractivity (Wildman–Crippen MR) is 79.8 cm³/mol. The van der Waals surface area contributed by atoms with E-state index >= 15 is 0 Å². The van der Waals surface area contributed by atoms with Crippen molar-refractivity contribution < 1.29 is 9.28 Å². The summed E-state index contributed by atoms with van der Waals surface area (Å²) in [5.74, 6) is 1.99. The van der Waals surface area contributed by atoms with Gasteiger partial charge in [-0.15, -0.1) is 0 Å². The lowest BCUT2D eigenvalue weighted by Crippen LogP contribution is -2.46. The summed E-state index contributed by atoms with van der Waals surface area (Å²) in [4.78, 5) is 12.9. The molecule has 0 aromatic heterocycles. The van der Waals surface area contributed by atoms with E-state index in [9.17, 15) is 4.79 Å². The predicted octanol–water partition coefficient (Wildman–Crippen LogP) is 3.36. The average molecular weight is 266 g/mol. The average Bonchev–Trinajstić information content (AvgIpc) is 2.60. The molecule has 2 fully saturated rings. The second kappa shape index (κ2) is 4.31. The van der Waals surface area contributed by atoms with Crippen molar-refractivity contribution in [3.05, 3.63) is 0 Å². The molecule has 0 radical (unpaired) electrons. The van der Waals surface area contributed by atoms with Crippen LogP contribution in [0.3, 0.4) is 0 Å². The van der Waals surface area contributed by atoms with E-state index in [-0.39, 0.29) is 10.8 Å². The van der Waals surface area contributed by atoms with E-state index in [0.717, 1.165) is 24.0 Å². The molecule has 2 aliphatic rings. The van der Waals surface area contributed by atoms with E-state index in [2.05, 4.69) is 48.7 Å². The fourth-order valence-electron chi connectivity index (χ4n) is 4.83. The van der Waals surface area contributed by atoms with E-state index in [0.29, 0.717) is 23.5 Å². The highest BCUT2D eigenvalue weighted by Gasteiger charge is 2.67. The van der Waals surface area contributed by atoms with E-state index in [1.54, 1.807) is 0 Å². The third-order valence-electron chi connectivity index (χ3n) is 6.84. The Labute approximate surface area is 119 Å². The Morgan fingerprint density at radius 3 is 2.32 bits per heavy atom. The molecule has 0 N–H and O–H groups in total. The van der Waals surface area contributed by atoms with Crippen LogP contribution in [0, 0.1) is 28.6 Å². The van der Waals surface area contributed by atoms with Crippen LogP contribution < -0.4 is 0 Å². The number of quaternary nitrogens is 1. The first-order valence-corrected chi connectivity index (χ1v) is 7.93. The van der Waals surface area contributed by atoms with Gasteiger partial charge in [-0.05, 0) is 31.1 Å². The minimum Gasteiger partial charge on any atom is -0.328 e. The molecule has 19 heavy (non-hydrogen) atoms. The number of Topliss-reactive ketones (excluding diaryl/α,β-unsaturated/α-hetero) is 1. The van der Waals surface area contributed by atoms with Crippen LogP contribution in [0.15, 0.2) is 0 Å².